The van der Waals surface area contributed by atoms with Crippen molar-refractivity contribution in [1.82, 2.24) is 10.2 Å². The zero-order chi connectivity index (χ0) is 13.9. The molecule has 20 heavy (non-hydrogen) atoms. The van der Waals surface area contributed by atoms with Crippen molar-refractivity contribution in [1.29, 1.82) is 0 Å². The Balaban J connectivity index is 1.74. The number of aromatic nitrogens is 2. The molecule has 2 aromatic heterocycles. The average molecular weight is 367 g/mol. The standard InChI is InChI=1S/C14H11BrN2OS2/c1-9(20-11-6-4-10(15)5-7-11)13-16-17-14(18-13)12-3-2-8-19-12/h2-9H,1H3/t9-/m1/s1. The number of thiophene rings is 1. The SMILES string of the molecule is C[C@@H](Sc1ccc(Br)cc1)c1nnc(-c2cccs2)o1. The highest BCUT2D eigenvalue weighted by atomic mass is 79.9. The average Bonchev–Trinajstić information content (AvgIpc) is 3.11. The number of halogens is 1. The molecule has 0 radical (unpaired) electrons. The number of benzene rings is 1. The highest BCUT2D eigenvalue weighted by molar-refractivity contribution is 9.10. The van der Waals surface area contributed by atoms with E-state index in [1.807, 2.05) is 29.6 Å². The van der Waals surface area contributed by atoms with Crippen molar-refractivity contribution < 1.29 is 4.42 Å². The maximum atomic E-state index is 5.74. The van der Waals surface area contributed by atoms with Crippen LogP contribution in [0.15, 0.2) is 55.6 Å². The van der Waals surface area contributed by atoms with Crippen LogP contribution in [0.3, 0.4) is 0 Å². The molecule has 0 fully saturated rings. The molecule has 3 rings (SSSR count). The van der Waals surface area contributed by atoms with E-state index in [1.54, 1.807) is 23.1 Å². The zero-order valence-corrected chi connectivity index (χ0v) is 13.8. The first-order valence-corrected chi connectivity index (χ1v) is 8.57. The van der Waals surface area contributed by atoms with Gasteiger partial charge in [0.2, 0.25) is 5.89 Å². The van der Waals surface area contributed by atoms with Gasteiger partial charge in [0.15, 0.2) is 0 Å². The number of thioether (sulfide) groups is 1. The largest absolute Gasteiger partial charge is 0.419 e. The van der Waals surface area contributed by atoms with E-state index in [0.29, 0.717) is 11.8 Å². The molecule has 6 heteroatoms. The Hall–Kier alpha value is -1.11. The third-order valence-corrected chi connectivity index (χ3v) is 5.13. The van der Waals surface area contributed by atoms with Gasteiger partial charge in [-0.2, -0.15) is 0 Å². The summed E-state index contributed by atoms with van der Waals surface area (Å²) >= 11 is 6.73. The minimum Gasteiger partial charge on any atom is -0.419 e. The Labute approximate surface area is 133 Å². The summed E-state index contributed by atoms with van der Waals surface area (Å²) in [4.78, 5) is 2.18. The fourth-order valence-electron chi connectivity index (χ4n) is 1.67. The van der Waals surface area contributed by atoms with Crippen LogP contribution in [-0.4, -0.2) is 10.2 Å². The summed E-state index contributed by atoms with van der Waals surface area (Å²) in [5.74, 6) is 1.25. The van der Waals surface area contributed by atoms with E-state index in [2.05, 4.69) is 45.2 Å². The first kappa shape index (κ1) is 13.9. The first-order chi connectivity index (χ1) is 9.72. The smallest absolute Gasteiger partial charge is 0.257 e. The third-order valence-electron chi connectivity index (χ3n) is 2.65. The predicted molar refractivity (Wildman–Crippen MR) is 86.0 cm³/mol. The van der Waals surface area contributed by atoms with Crippen LogP contribution in [-0.2, 0) is 0 Å². The maximum absolute atomic E-state index is 5.74. The molecule has 1 aromatic carbocycles. The molecule has 0 saturated carbocycles. The fourth-order valence-corrected chi connectivity index (χ4v) is 3.47. The molecular formula is C14H11BrN2OS2. The third kappa shape index (κ3) is 3.13. The normalized spacial score (nSPS) is 12.5. The van der Waals surface area contributed by atoms with Crippen LogP contribution in [0, 0.1) is 0 Å². The van der Waals surface area contributed by atoms with Crippen LogP contribution >= 0.6 is 39.0 Å². The van der Waals surface area contributed by atoms with Gasteiger partial charge in [-0.05, 0) is 42.6 Å². The van der Waals surface area contributed by atoms with E-state index < -0.39 is 0 Å². The molecule has 0 N–H and O–H groups in total. The molecule has 2 heterocycles. The summed E-state index contributed by atoms with van der Waals surface area (Å²) in [5.41, 5.74) is 0. The second-order valence-corrected chi connectivity index (χ2v) is 7.41. The topological polar surface area (TPSA) is 38.9 Å². The lowest BCUT2D eigenvalue weighted by Crippen LogP contribution is -1.88. The summed E-state index contributed by atoms with van der Waals surface area (Å²) < 4.78 is 6.82. The lowest BCUT2D eigenvalue weighted by molar-refractivity contribution is 0.510. The van der Waals surface area contributed by atoms with Crippen LogP contribution in [0.2, 0.25) is 0 Å². The van der Waals surface area contributed by atoms with Gasteiger partial charge < -0.3 is 4.42 Å². The van der Waals surface area contributed by atoms with Gasteiger partial charge in [0.25, 0.3) is 5.89 Å². The van der Waals surface area contributed by atoms with E-state index in [4.69, 9.17) is 4.42 Å². The molecule has 0 aliphatic carbocycles. The molecule has 3 aromatic rings. The Bertz CT molecular complexity index is 680. The molecule has 0 aliphatic heterocycles. The molecule has 102 valence electrons. The Morgan fingerprint density at radius 2 is 2.00 bits per heavy atom. The van der Waals surface area contributed by atoms with Crippen molar-refractivity contribution in [3.63, 3.8) is 0 Å². The minimum absolute atomic E-state index is 0.123. The van der Waals surface area contributed by atoms with Crippen molar-refractivity contribution in [2.75, 3.05) is 0 Å². The fraction of sp³-hybridized carbons (Fsp3) is 0.143. The van der Waals surface area contributed by atoms with Crippen molar-refractivity contribution in [2.24, 2.45) is 0 Å². The second-order valence-electron chi connectivity index (χ2n) is 4.14. The van der Waals surface area contributed by atoms with E-state index in [0.717, 1.165) is 9.35 Å². The van der Waals surface area contributed by atoms with E-state index in [1.165, 1.54) is 4.90 Å². The lowest BCUT2D eigenvalue weighted by atomic mass is 10.4. The predicted octanol–water partition coefficient (Wildman–Crippen LogP) is 5.41. The van der Waals surface area contributed by atoms with Gasteiger partial charge >= 0.3 is 0 Å². The van der Waals surface area contributed by atoms with E-state index >= 15 is 0 Å². The summed E-state index contributed by atoms with van der Waals surface area (Å²) in [5, 5.41) is 10.4. The summed E-state index contributed by atoms with van der Waals surface area (Å²) in [6, 6.07) is 12.2. The quantitative estimate of drug-likeness (QED) is 0.578. The Morgan fingerprint density at radius 1 is 1.20 bits per heavy atom. The molecule has 0 saturated heterocycles. The van der Waals surface area contributed by atoms with Crippen LogP contribution in [0.1, 0.15) is 18.1 Å². The van der Waals surface area contributed by atoms with Crippen LogP contribution in [0.5, 0.6) is 0 Å². The minimum atomic E-state index is 0.123. The molecule has 0 bridgehead atoms. The van der Waals surface area contributed by atoms with Crippen LogP contribution in [0.4, 0.5) is 0 Å². The van der Waals surface area contributed by atoms with Crippen LogP contribution < -0.4 is 0 Å². The number of rotatable bonds is 4. The number of hydrogen-bond donors (Lipinski definition) is 0. The molecule has 3 nitrogen and oxygen atoms in total. The lowest BCUT2D eigenvalue weighted by Gasteiger charge is -2.06. The van der Waals surface area contributed by atoms with E-state index in [-0.39, 0.29) is 5.25 Å². The van der Waals surface area contributed by atoms with Gasteiger partial charge in [0.1, 0.15) is 0 Å². The summed E-state index contributed by atoms with van der Waals surface area (Å²) in [6.45, 7) is 2.07. The molecule has 0 spiro atoms. The highest BCUT2D eigenvalue weighted by Crippen LogP contribution is 2.35. The summed E-state index contributed by atoms with van der Waals surface area (Å²) in [6.07, 6.45) is 0. The monoisotopic (exact) mass is 366 g/mol. The zero-order valence-electron chi connectivity index (χ0n) is 10.6. The number of nitrogens with zero attached hydrogens (tertiary/aromatic N) is 2. The Kier molecular flexibility index (Phi) is 4.24. The molecule has 0 unspecified atom stereocenters. The summed E-state index contributed by atoms with van der Waals surface area (Å²) in [7, 11) is 0. The maximum Gasteiger partial charge on any atom is 0.257 e. The molecule has 0 amide bonds. The number of hydrogen-bond acceptors (Lipinski definition) is 5. The van der Waals surface area contributed by atoms with Gasteiger partial charge in [-0.1, -0.05) is 22.0 Å². The van der Waals surface area contributed by atoms with Crippen LogP contribution in [0.25, 0.3) is 10.8 Å². The van der Waals surface area contributed by atoms with Gasteiger partial charge in [-0.15, -0.1) is 33.3 Å². The van der Waals surface area contributed by atoms with Gasteiger partial charge in [0.05, 0.1) is 10.1 Å². The van der Waals surface area contributed by atoms with Crippen molar-refractivity contribution in [3.8, 4) is 10.8 Å². The van der Waals surface area contributed by atoms with Gasteiger partial charge in [0, 0.05) is 9.37 Å². The second kappa shape index (κ2) is 6.11. The van der Waals surface area contributed by atoms with E-state index in [9.17, 15) is 0 Å². The van der Waals surface area contributed by atoms with Gasteiger partial charge in [-0.3, -0.25) is 0 Å². The molecular weight excluding hydrogens is 356 g/mol. The van der Waals surface area contributed by atoms with Crippen molar-refractivity contribution >= 4 is 39.0 Å². The molecule has 0 aliphatic rings. The molecule has 1 atom stereocenters. The first-order valence-electron chi connectivity index (χ1n) is 6.02. The van der Waals surface area contributed by atoms with Crippen molar-refractivity contribution in [2.45, 2.75) is 17.1 Å². The highest BCUT2D eigenvalue weighted by Gasteiger charge is 2.16. The Morgan fingerprint density at radius 3 is 2.70 bits per heavy atom. The van der Waals surface area contributed by atoms with Gasteiger partial charge in [-0.25, -0.2) is 0 Å². The van der Waals surface area contributed by atoms with Crippen molar-refractivity contribution in [3.05, 3.63) is 52.1 Å².